The second-order valence-electron chi connectivity index (χ2n) is 11.8. The molecule has 1 saturated carbocycles. The van der Waals surface area contributed by atoms with Crippen molar-refractivity contribution in [2.24, 2.45) is 0 Å². The van der Waals surface area contributed by atoms with Crippen LogP contribution >= 0.6 is 0 Å². The summed E-state index contributed by atoms with van der Waals surface area (Å²) < 4.78 is 18.8. The molecule has 234 valence electrons. The van der Waals surface area contributed by atoms with E-state index in [2.05, 4.69) is 12.2 Å². The lowest BCUT2D eigenvalue weighted by Crippen LogP contribution is -2.49. The number of amides is 2. The van der Waals surface area contributed by atoms with Crippen LogP contribution in [0.15, 0.2) is 47.7 Å². The first kappa shape index (κ1) is 31.2. The molecular weight excluding hydrogens is 565 g/mol. The summed E-state index contributed by atoms with van der Waals surface area (Å²) in [5.74, 6) is -2.18. The van der Waals surface area contributed by atoms with Gasteiger partial charge in [0.05, 0.1) is 11.2 Å². The molecule has 11 heteroatoms. The number of rotatable bonds is 13. The molecule has 44 heavy (non-hydrogen) atoms. The molecule has 2 aromatic heterocycles. The number of carbonyl (C=O) groups is 3. The molecular formula is C33H41FN5O5+. The summed E-state index contributed by atoms with van der Waals surface area (Å²) in [6, 6.07) is 6.34. The molecule has 5 rings (SSSR count). The molecule has 2 aliphatic rings. The van der Waals surface area contributed by atoms with Crippen molar-refractivity contribution in [3.63, 3.8) is 0 Å². The molecule has 0 radical (unpaired) electrons. The molecule has 3 aromatic rings. The second kappa shape index (κ2) is 14.0. The fourth-order valence-corrected chi connectivity index (χ4v) is 5.84. The number of anilines is 1. The van der Waals surface area contributed by atoms with Gasteiger partial charge < -0.3 is 24.8 Å². The average Bonchev–Trinajstić information content (AvgIpc) is 3.86. The van der Waals surface area contributed by atoms with Gasteiger partial charge in [-0.3, -0.25) is 14.4 Å². The number of piperazine rings is 1. The Morgan fingerprint density at radius 3 is 2.48 bits per heavy atom. The molecule has 0 unspecified atom stereocenters. The maximum Gasteiger partial charge on any atom is 0.341 e. The highest BCUT2D eigenvalue weighted by atomic mass is 19.1. The minimum Gasteiger partial charge on any atom is -0.477 e. The van der Waals surface area contributed by atoms with Crippen LogP contribution in [0.25, 0.3) is 10.9 Å². The van der Waals surface area contributed by atoms with Crippen LogP contribution in [-0.2, 0) is 11.3 Å². The van der Waals surface area contributed by atoms with Gasteiger partial charge in [-0.1, -0.05) is 39.0 Å². The van der Waals surface area contributed by atoms with Gasteiger partial charge >= 0.3 is 5.97 Å². The van der Waals surface area contributed by atoms with E-state index in [0.717, 1.165) is 31.7 Å². The number of nitrogens with zero attached hydrogens (tertiary/aromatic N) is 4. The van der Waals surface area contributed by atoms with Gasteiger partial charge in [0, 0.05) is 56.4 Å². The Hall–Kier alpha value is -4.28. The van der Waals surface area contributed by atoms with Gasteiger partial charge in [-0.15, -0.1) is 0 Å². The van der Waals surface area contributed by atoms with Gasteiger partial charge in [-0.25, -0.2) is 9.18 Å². The van der Waals surface area contributed by atoms with Gasteiger partial charge in [0.1, 0.15) is 16.9 Å². The third kappa shape index (κ3) is 7.26. The maximum absolute atomic E-state index is 15.3. The van der Waals surface area contributed by atoms with E-state index in [9.17, 15) is 24.3 Å². The average molecular weight is 607 g/mol. The number of halogens is 1. The number of aromatic nitrogens is 2. The van der Waals surface area contributed by atoms with Crippen molar-refractivity contribution < 1.29 is 28.4 Å². The van der Waals surface area contributed by atoms with Crippen molar-refractivity contribution in [2.75, 3.05) is 37.6 Å². The van der Waals surface area contributed by atoms with Gasteiger partial charge in [0.15, 0.2) is 12.4 Å². The lowest BCUT2D eigenvalue weighted by atomic mass is 10.1. The van der Waals surface area contributed by atoms with Crippen molar-refractivity contribution in [1.82, 2.24) is 14.8 Å². The van der Waals surface area contributed by atoms with Crippen LogP contribution in [0.3, 0.4) is 0 Å². The Bertz CT molecular complexity index is 1590. The van der Waals surface area contributed by atoms with E-state index in [4.69, 9.17) is 0 Å². The van der Waals surface area contributed by atoms with Crippen LogP contribution < -0.4 is 20.2 Å². The Morgan fingerprint density at radius 1 is 1.05 bits per heavy atom. The highest BCUT2D eigenvalue weighted by Gasteiger charge is 2.29. The van der Waals surface area contributed by atoms with Gasteiger partial charge in [0.25, 0.3) is 11.8 Å². The summed E-state index contributed by atoms with van der Waals surface area (Å²) in [5.41, 5.74) is 0.262. The first-order valence-electron chi connectivity index (χ1n) is 15.7. The molecule has 2 N–H and O–H groups in total. The summed E-state index contributed by atoms with van der Waals surface area (Å²) in [6.07, 6.45) is 13.5. The third-order valence-electron chi connectivity index (χ3n) is 8.46. The maximum atomic E-state index is 15.3. The zero-order chi connectivity index (χ0) is 31.2. The van der Waals surface area contributed by atoms with Crippen molar-refractivity contribution in [3.8, 4) is 0 Å². The van der Waals surface area contributed by atoms with E-state index in [0.29, 0.717) is 49.5 Å². The number of nitrogens with one attached hydrogen (secondary N) is 1. The molecule has 2 fully saturated rings. The number of hydrogen-bond donors (Lipinski definition) is 2. The Kier molecular flexibility index (Phi) is 9.92. The Balaban J connectivity index is 1.20. The van der Waals surface area contributed by atoms with E-state index in [1.54, 1.807) is 44.6 Å². The van der Waals surface area contributed by atoms with E-state index in [1.165, 1.54) is 31.9 Å². The predicted octanol–water partition coefficient (Wildman–Crippen LogP) is 3.90. The van der Waals surface area contributed by atoms with Crippen LogP contribution in [-0.4, -0.2) is 65.1 Å². The Morgan fingerprint density at radius 2 is 1.77 bits per heavy atom. The first-order valence-corrected chi connectivity index (χ1v) is 15.7. The number of hydrogen-bond acceptors (Lipinski definition) is 5. The number of unbranched alkanes of at least 4 members (excludes halogenated alkanes) is 5. The van der Waals surface area contributed by atoms with Crippen LogP contribution in [0.5, 0.6) is 0 Å². The van der Waals surface area contributed by atoms with E-state index in [-0.39, 0.29) is 35.4 Å². The highest BCUT2D eigenvalue weighted by molar-refractivity contribution is 5.94. The van der Waals surface area contributed by atoms with Gasteiger partial charge in [-0.2, -0.15) is 4.57 Å². The second-order valence-corrected chi connectivity index (χ2v) is 11.8. The number of carbonyl (C=O) groups excluding carboxylic acids is 2. The highest BCUT2D eigenvalue weighted by Crippen LogP contribution is 2.38. The predicted molar refractivity (Wildman–Crippen MR) is 165 cm³/mol. The molecule has 1 aromatic carbocycles. The van der Waals surface area contributed by atoms with E-state index >= 15 is 4.39 Å². The minimum absolute atomic E-state index is 0.0559. The molecule has 1 saturated heterocycles. The first-order chi connectivity index (χ1) is 21.3. The summed E-state index contributed by atoms with van der Waals surface area (Å²) in [6.45, 7) is 4.49. The molecule has 0 atom stereocenters. The molecule has 1 aliphatic heterocycles. The number of carboxylic acid groups (broad SMARTS) is 1. The molecule has 1 aliphatic carbocycles. The monoisotopic (exact) mass is 606 g/mol. The zero-order valence-corrected chi connectivity index (χ0v) is 25.3. The lowest BCUT2D eigenvalue weighted by Gasteiger charge is -2.36. The molecule has 10 nitrogen and oxygen atoms in total. The minimum atomic E-state index is -1.33. The van der Waals surface area contributed by atoms with E-state index in [1.807, 2.05) is 4.90 Å². The summed E-state index contributed by atoms with van der Waals surface area (Å²) in [7, 11) is 0. The summed E-state index contributed by atoms with van der Waals surface area (Å²) in [4.78, 5) is 53.7. The van der Waals surface area contributed by atoms with Crippen molar-refractivity contribution >= 4 is 34.4 Å². The normalized spacial score (nSPS) is 15.0. The summed E-state index contributed by atoms with van der Waals surface area (Å²) >= 11 is 0. The topological polar surface area (TPSA) is 116 Å². The fraction of sp³-hybridized carbons (Fsp3) is 0.485. The molecule has 0 bridgehead atoms. The molecule has 0 spiro atoms. The standard InChI is InChI=1S/C33H40FN5O5/c1-2-3-4-5-6-7-12-35-30(40)22-36-13-8-9-23(20-36)32(42)38-16-14-37(15-17-38)29-19-28-25(18-27(29)34)31(41)26(33(43)44)21-39(28)24-10-11-24/h8-9,13,18-21,24H,2-7,10-12,14-17,22H2,1H3,(H-,35,40,43,44)/p+1. The SMILES string of the molecule is CCCCCCCCNC(=O)C[n+]1cccc(C(=O)N2CCN(c3cc4c(cc3F)c(=O)c(C(=O)O)cn4C3CC3)CC2)c1. The number of fused-ring (bicyclic) bond motifs is 1. The van der Waals surface area contributed by atoms with Crippen molar-refractivity contribution in [3.05, 3.63) is 70.0 Å². The number of aromatic carboxylic acids is 1. The van der Waals surface area contributed by atoms with Crippen LogP contribution in [0.2, 0.25) is 0 Å². The third-order valence-corrected chi connectivity index (χ3v) is 8.46. The van der Waals surface area contributed by atoms with Crippen LogP contribution in [0.1, 0.15) is 85.0 Å². The number of benzene rings is 1. The molecule has 2 amide bonds. The van der Waals surface area contributed by atoms with Gasteiger partial charge in [-0.05, 0) is 37.5 Å². The van der Waals surface area contributed by atoms with Crippen molar-refractivity contribution in [2.45, 2.75) is 70.9 Å². The summed E-state index contributed by atoms with van der Waals surface area (Å²) in [5, 5.41) is 12.5. The quantitative estimate of drug-likeness (QED) is 0.225. The number of carboxylic acids is 1. The van der Waals surface area contributed by atoms with E-state index < -0.39 is 17.2 Å². The molecule has 3 heterocycles. The van der Waals surface area contributed by atoms with Crippen LogP contribution in [0.4, 0.5) is 10.1 Å². The fourth-order valence-electron chi connectivity index (χ4n) is 5.84. The van der Waals surface area contributed by atoms with Crippen molar-refractivity contribution in [1.29, 1.82) is 0 Å². The number of pyridine rings is 2. The zero-order valence-electron chi connectivity index (χ0n) is 25.3. The Labute approximate surface area is 256 Å². The van der Waals surface area contributed by atoms with Gasteiger partial charge in [0.2, 0.25) is 12.0 Å². The smallest absolute Gasteiger partial charge is 0.341 e. The lowest BCUT2D eigenvalue weighted by molar-refractivity contribution is -0.684. The largest absolute Gasteiger partial charge is 0.477 e. The van der Waals surface area contributed by atoms with Crippen LogP contribution in [0, 0.1) is 5.82 Å².